The molecule has 4 heteroatoms. The molecule has 0 saturated carbocycles. The summed E-state index contributed by atoms with van der Waals surface area (Å²) >= 11 is 0. The number of anilines is 2. The Balaban J connectivity index is 1.70. The monoisotopic (exact) mass is 287 g/mol. The topological polar surface area (TPSA) is 44.4 Å². The number of benzene rings is 1. The predicted molar refractivity (Wildman–Crippen MR) is 86.7 cm³/mol. The number of carbonyl (C=O) groups excluding carboxylic acids is 1. The van der Waals surface area contributed by atoms with Crippen molar-refractivity contribution in [3.63, 3.8) is 0 Å². The van der Waals surface area contributed by atoms with E-state index in [0.29, 0.717) is 5.92 Å². The van der Waals surface area contributed by atoms with Crippen molar-refractivity contribution in [3.8, 4) is 0 Å². The van der Waals surface area contributed by atoms with Gasteiger partial charge in [-0.2, -0.15) is 0 Å². The second-order valence-electron chi connectivity index (χ2n) is 6.34. The van der Waals surface area contributed by atoms with Gasteiger partial charge in [0.2, 0.25) is 5.91 Å². The van der Waals surface area contributed by atoms with E-state index in [4.69, 9.17) is 0 Å². The van der Waals surface area contributed by atoms with E-state index in [2.05, 4.69) is 28.5 Å². The number of nitrogens with one attached hydrogen (secondary N) is 2. The van der Waals surface area contributed by atoms with Crippen molar-refractivity contribution in [1.29, 1.82) is 0 Å². The first-order valence-electron chi connectivity index (χ1n) is 8.12. The maximum absolute atomic E-state index is 12.5. The largest absolute Gasteiger partial charge is 0.370 e. The van der Waals surface area contributed by atoms with Crippen LogP contribution in [0.15, 0.2) is 24.3 Å². The molecule has 2 aliphatic heterocycles. The molecule has 1 aromatic rings. The molecule has 3 rings (SSSR count). The van der Waals surface area contributed by atoms with E-state index < -0.39 is 0 Å². The lowest BCUT2D eigenvalue weighted by atomic mass is 9.94. The summed E-state index contributed by atoms with van der Waals surface area (Å²) in [6.45, 7) is 5.34. The van der Waals surface area contributed by atoms with Crippen molar-refractivity contribution in [2.24, 2.45) is 5.92 Å². The standard InChI is InChI=1S/C17H25N3O/c1-13-8-9-18-15(12-13)17(21)19-14-6-2-3-7-16(14)20-10-4-5-11-20/h2-3,6-7,13,15,18H,4-5,8-12H2,1H3,(H,19,21). The summed E-state index contributed by atoms with van der Waals surface area (Å²) in [5.41, 5.74) is 2.11. The van der Waals surface area contributed by atoms with Crippen LogP contribution in [-0.2, 0) is 4.79 Å². The highest BCUT2D eigenvalue weighted by molar-refractivity contribution is 5.97. The third-order valence-electron chi connectivity index (χ3n) is 4.59. The van der Waals surface area contributed by atoms with Gasteiger partial charge in [0.25, 0.3) is 0 Å². The van der Waals surface area contributed by atoms with Crippen molar-refractivity contribution < 1.29 is 4.79 Å². The normalized spacial score (nSPS) is 25.9. The van der Waals surface area contributed by atoms with Crippen LogP contribution in [0.4, 0.5) is 11.4 Å². The van der Waals surface area contributed by atoms with Gasteiger partial charge in [-0.05, 0) is 50.3 Å². The van der Waals surface area contributed by atoms with Gasteiger partial charge in [0, 0.05) is 13.1 Å². The summed E-state index contributed by atoms with van der Waals surface area (Å²) in [5, 5.41) is 6.47. The number of hydrogen-bond acceptors (Lipinski definition) is 3. The number of para-hydroxylation sites is 2. The summed E-state index contributed by atoms with van der Waals surface area (Å²) in [4.78, 5) is 14.9. The minimum Gasteiger partial charge on any atom is -0.370 e. The molecule has 1 amide bonds. The van der Waals surface area contributed by atoms with Gasteiger partial charge >= 0.3 is 0 Å². The van der Waals surface area contributed by atoms with Gasteiger partial charge in [-0.25, -0.2) is 0 Å². The maximum Gasteiger partial charge on any atom is 0.241 e. The van der Waals surface area contributed by atoms with Crippen LogP contribution in [0.3, 0.4) is 0 Å². The number of amides is 1. The Morgan fingerprint density at radius 1 is 1.29 bits per heavy atom. The Bertz CT molecular complexity index is 497. The molecule has 2 unspecified atom stereocenters. The zero-order chi connectivity index (χ0) is 14.7. The third kappa shape index (κ3) is 3.38. The lowest BCUT2D eigenvalue weighted by molar-refractivity contribution is -0.119. The summed E-state index contributed by atoms with van der Waals surface area (Å²) in [6, 6.07) is 8.10. The molecule has 21 heavy (non-hydrogen) atoms. The molecule has 1 aromatic carbocycles. The Morgan fingerprint density at radius 2 is 2.05 bits per heavy atom. The van der Waals surface area contributed by atoms with Crippen LogP contribution in [0.1, 0.15) is 32.6 Å². The molecular formula is C17H25N3O. The Labute approximate surface area is 126 Å². The molecule has 0 aliphatic carbocycles. The van der Waals surface area contributed by atoms with E-state index in [0.717, 1.165) is 43.9 Å². The molecular weight excluding hydrogens is 262 g/mol. The molecule has 2 aliphatic rings. The van der Waals surface area contributed by atoms with Crippen LogP contribution >= 0.6 is 0 Å². The first kappa shape index (κ1) is 14.4. The first-order valence-corrected chi connectivity index (χ1v) is 8.12. The van der Waals surface area contributed by atoms with Crippen molar-refractivity contribution in [2.45, 2.75) is 38.6 Å². The zero-order valence-corrected chi connectivity index (χ0v) is 12.8. The van der Waals surface area contributed by atoms with E-state index in [1.807, 2.05) is 18.2 Å². The van der Waals surface area contributed by atoms with Gasteiger partial charge in [0.1, 0.15) is 0 Å². The van der Waals surface area contributed by atoms with E-state index in [1.54, 1.807) is 0 Å². The number of piperidine rings is 1. The van der Waals surface area contributed by atoms with Crippen molar-refractivity contribution in [1.82, 2.24) is 5.32 Å². The van der Waals surface area contributed by atoms with Crippen LogP contribution < -0.4 is 15.5 Å². The van der Waals surface area contributed by atoms with Gasteiger partial charge in [-0.3, -0.25) is 4.79 Å². The molecule has 4 nitrogen and oxygen atoms in total. The van der Waals surface area contributed by atoms with Gasteiger partial charge in [0.15, 0.2) is 0 Å². The molecule has 0 spiro atoms. The van der Waals surface area contributed by atoms with E-state index in [-0.39, 0.29) is 11.9 Å². The van der Waals surface area contributed by atoms with E-state index in [1.165, 1.54) is 12.8 Å². The molecule has 2 N–H and O–H groups in total. The molecule has 0 radical (unpaired) electrons. The molecule has 0 aromatic heterocycles. The third-order valence-corrected chi connectivity index (χ3v) is 4.59. The molecule has 2 atom stereocenters. The summed E-state index contributed by atoms with van der Waals surface area (Å²) in [6.07, 6.45) is 4.57. The van der Waals surface area contributed by atoms with Crippen LogP contribution in [0.5, 0.6) is 0 Å². The number of nitrogens with zero attached hydrogens (tertiary/aromatic N) is 1. The molecule has 0 bridgehead atoms. The molecule has 2 heterocycles. The second kappa shape index (κ2) is 6.48. The highest BCUT2D eigenvalue weighted by Crippen LogP contribution is 2.29. The first-order chi connectivity index (χ1) is 10.2. The van der Waals surface area contributed by atoms with Gasteiger partial charge < -0.3 is 15.5 Å². The smallest absolute Gasteiger partial charge is 0.241 e. The number of rotatable bonds is 3. The lowest BCUT2D eigenvalue weighted by Crippen LogP contribution is -2.45. The fourth-order valence-electron chi connectivity index (χ4n) is 3.34. The van der Waals surface area contributed by atoms with Crippen LogP contribution in [0, 0.1) is 5.92 Å². The highest BCUT2D eigenvalue weighted by Gasteiger charge is 2.25. The van der Waals surface area contributed by atoms with Gasteiger partial charge in [0.05, 0.1) is 17.4 Å². The number of hydrogen-bond donors (Lipinski definition) is 2. The summed E-state index contributed by atoms with van der Waals surface area (Å²) in [7, 11) is 0. The molecule has 2 saturated heterocycles. The van der Waals surface area contributed by atoms with E-state index in [9.17, 15) is 4.79 Å². The van der Waals surface area contributed by atoms with Crippen molar-refractivity contribution in [3.05, 3.63) is 24.3 Å². The number of carbonyl (C=O) groups is 1. The average molecular weight is 287 g/mol. The Hall–Kier alpha value is -1.55. The minimum absolute atomic E-state index is 0.0552. The van der Waals surface area contributed by atoms with Crippen LogP contribution in [0.2, 0.25) is 0 Å². The van der Waals surface area contributed by atoms with Gasteiger partial charge in [-0.15, -0.1) is 0 Å². The average Bonchev–Trinajstić information content (AvgIpc) is 3.02. The lowest BCUT2D eigenvalue weighted by Gasteiger charge is -2.28. The minimum atomic E-state index is -0.0552. The molecule has 114 valence electrons. The fourth-order valence-corrected chi connectivity index (χ4v) is 3.34. The zero-order valence-electron chi connectivity index (χ0n) is 12.8. The quantitative estimate of drug-likeness (QED) is 0.898. The van der Waals surface area contributed by atoms with Crippen molar-refractivity contribution >= 4 is 17.3 Å². The summed E-state index contributed by atoms with van der Waals surface area (Å²) < 4.78 is 0. The predicted octanol–water partition coefficient (Wildman–Crippen LogP) is 2.61. The Morgan fingerprint density at radius 3 is 2.81 bits per heavy atom. The SMILES string of the molecule is CC1CCNC(C(=O)Nc2ccccc2N2CCCC2)C1. The highest BCUT2D eigenvalue weighted by atomic mass is 16.2. The fraction of sp³-hybridized carbons (Fsp3) is 0.588. The van der Waals surface area contributed by atoms with E-state index >= 15 is 0 Å². The maximum atomic E-state index is 12.5. The van der Waals surface area contributed by atoms with Crippen LogP contribution in [-0.4, -0.2) is 31.6 Å². The van der Waals surface area contributed by atoms with Crippen molar-refractivity contribution in [2.75, 3.05) is 29.9 Å². The second-order valence-corrected chi connectivity index (χ2v) is 6.34. The van der Waals surface area contributed by atoms with Gasteiger partial charge in [-0.1, -0.05) is 19.1 Å². The van der Waals surface area contributed by atoms with Crippen LogP contribution in [0.25, 0.3) is 0 Å². The molecule has 2 fully saturated rings. The summed E-state index contributed by atoms with van der Waals surface area (Å²) in [5.74, 6) is 0.726. The Kier molecular flexibility index (Phi) is 4.44.